The molecule has 3 aromatic rings. The van der Waals surface area contributed by atoms with Crippen molar-refractivity contribution < 1.29 is 4.79 Å². The summed E-state index contributed by atoms with van der Waals surface area (Å²) in [5.74, 6) is 0.156. The van der Waals surface area contributed by atoms with Crippen LogP contribution in [0, 0.1) is 0 Å². The number of carbonyl (C=O) groups excluding carboxylic acids is 1. The van der Waals surface area contributed by atoms with Gasteiger partial charge < -0.3 is 5.32 Å². The Bertz CT molecular complexity index is 884. The van der Waals surface area contributed by atoms with Crippen molar-refractivity contribution in [2.24, 2.45) is 7.05 Å². The molecule has 0 aliphatic carbocycles. The fourth-order valence-electron chi connectivity index (χ4n) is 2.30. The van der Waals surface area contributed by atoms with Gasteiger partial charge in [-0.05, 0) is 17.7 Å². The number of hydrogen-bond donors (Lipinski definition) is 1. The second-order valence-corrected chi connectivity index (χ2v) is 5.30. The molecule has 7 heteroatoms. The zero-order chi connectivity index (χ0) is 16.9. The molecule has 0 fully saturated rings. The third kappa shape index (κ3) is 3.40. The molecule has 0 aliphatic heterocycles. The Morgan fingerprint density at radius 1 is 1.12 bits per heavy atom. The summed E-state index contributed by atoms with van der Waals surface area (Å²) in [4.78, 5) is 28.5. The Kier molecular flexibility index (Phi) is 4.51. The first kappa shape index (κ1) is 15.7. The van der Waals surface area contributed by atoms with Crippen molar-refractivity contribution in [1.29, 1.82) is 0 Å². The van der Waals surface area contributed by atoms with Gasteiger partial charge in [0.15, 0.2) is 5.82 Å². The van der Waals surface area contributed by atoms with Gasteiger partial charge in [-0.3, -0.25) is 14.3 Å². The summed E-state index contributed by atoms with van der Waals surface area (Å²) in [6.45, 7) is 0.278. The summed E-state index contributed by atoms with van der Waals surface area (Å²) >= 11 is 0. The maximum absolute atomic E-state index is 12.2. The van der Waals surface area contributed by atoms with Crippen molar-refractivity contribution in [2.75, 3.05) is 0 Å². The summed E-state index contributed by atoms with van der Waals surface area (Å²) in [5, 5.41) is 7.00. The van der Waals surface area contributed by atoms with E-state index in [0.29, 0.717) is 18.1 Å². The SMILES string of the molecule is Cn1c(-c2ccccn2)nn(CC(=O)NCc2ccccc2)c1=O. The van der Waals surface area contributed by atoms with Gasteiger partial charge in [0.05, 0.1) is 0 Å². The molecule has 0 radical (unpaired) electrons. The van der Waals surface area contributed by atoms with Gasteiger partial charge in [0, 0.05) is 19.8 Å². The highest BCUT2D eigenvalue weighted by Gasteiger charge is 2.15. The van der Waals surface area contributed by atoms with E-state index in [0.717, 1.165) is 10.2 Å². The average Bonchev–Trinajstić information content (AvgIpc) is 2.90. The number of carbonyl (C=O) groups is 1. The largest absolute Gasteiger partial charge is 0.350 e. The predicted octanol–water partition coefficient (Wildman–Crippen LogP) is 0.960. The number of rotatable bonds is 5. The number of nitrogens with zero attached hydrogens (tertiary/aromatic N) is 4. The number of benzene rings is 1. The minimum atomic E-state index is -0.356. The van der Waals surface area contributed by atoms with E-state index in [-0.39, 0.29) is 18.1 Å². The highest BCUT2D eigenvalue weighted by Crippen LogP contribution is 2.10. The lowest BCUT2D eigenvalue weighted by Gasteiger charge is -2.04. The van der Waals surface area contributed by atoms with Crippen LogP contribution in [-0.4, -0.2) is 25.2 Å². The summed E-state index contributed by atoms with van der Waals surface area (Å²) in [7, 11) is 1.61. The monoisotopic (exact) mass is 323 g/mol. The molecule has 0 bridgehead atoms. The van der Waals surface area contributed by atoms with E-state index in [1.165, 1.54) is 4.57 Å². The van der Waals surface area contributed by atoms with Crippen LogP contribution in [0.25, 0.3) is 11.5 Å². The molecule has 7 nitrogen and oxygen atoms in total. The fourth-order valence-corrected chi connectivity index (χ4v) is 2.30. The first-order valence-corrected chi connectivity index (χ1v) is 7.51. The molecule has 1 N–H and O–H groups in total. The highest BCUT2D eigenvalue weighted by molar-refractivity contribution is 5.75. The molecule has 3 rings (SSSR count). The minimum absolute atomic E-state index is 0.133. The van der Waals surface area contributed by atoms with Gasteiger partial charge >= 0.3 is 5.69 Å². The molecule has 2 heterocycles. The van der Waals surface area contributed by atoms with Crippen LogP contribution < -0.4 is 11.0 Å². The molecule has 0 atom stereocenters. The van der Waals surface area contributed by atoms with E-state index >= 15 is 0 Å². The first-order valence-electron chi connectivity index (χ1n) is 7.51. The molecular weight excluding hydrogens is 306 g/mol. The van der Waals surface area contributed by atoms with Crippen LogP contribution in [0.1, 0.15) is 5.56 Å². The lowest BCUT2D eigenvalue weighted by molar-refractivity contribution is -0.122. The van der Waals surface area contributed by atoms with Crippen molar-refractivity contribution >= 4 is 5.91 Å². The molecule has 0 aliphatic rings. The Balaban J connectivity index is 1.71. The quantitative estimate of drug-likeness (QED) is 0.758. The molecule has 1 amide bonds. The molecule has 0 unspecified atom stereocenters. The molecule has 1 aromatic carbocycles. The van der Waals surface area contributed by atoms with Gasteiger partial charge in [0.25, 0.3) is 0 Å². The summed E-state index contributed by atoms with van der Waals surface area (Å²) in [6, 6.07) is 14.9. The van der Waals surface area contributed by atoms with Gasteiger partial charge in [-0.2, -0.15) is 0 Å². The number of aromatic nitrogens is 4. The van der Waals surface area contributed by atoms with Gasteiger partial charge in [-0.25, -0.2) is 9.48 Å². The van der Waals surface area contributed by atoms with Crippen LogP contribution >= 0.6 is 0 Å². The van der Waals surface area contributed by atoms with Crippen molar-refractivity contribution in [3.8, 4) is 11.5 Å². The number of nitrogens with one attached hydrogen (secondary N) is 1. The highest BCUT2D eigenvalue weighted by atomic mass is 16.2. The van der Waals surface area contributed by atoms with Gasteiger partial charge in [-0.1, -0.05) is 36.4 Å². The second kappa shape index (κ2) is 6.91. The third-order valence-electron chi connectivity index (χ3n) is 3.56. The van der Waals surface area contributed by atoms with Crippen LogP contribution in [-0.2, 0) is 24.9 Å². The maximum Gasteiger partial charge on any atom is 0.346 e. The van der Waals surface area contributed by atoms with Gasteiger partial charge in [0.2, 0.25) is 5.91 Å². The van der Waals surface area contributed by atoms with E-state index in [4.69, 9.17) is 0 Å². The van der Waals surface area contributed by atoms with Gasteiger partial charge in [0.1, 0.15) is 12.2 Å². The molecule has 0 saturated carbocycles. The zero-order valence-electron chi connectivity index (χ0n) is 13.2. The third-order valence-corrected chi connectivity index (χ3v) is 3.56. The van der Waals surface area contributed by atoms with Crippen molar-refractivity contribution in [3.63, 3.8) is 0 Å². The topological polar surface area (TPSA) is 81.8 Å². The van der Waals surface area contributed by atoms with E-state index < -0.39 is 0 Å². The number of pyridine rings is 1. The smallest absolute Gasteiger partial charge is 0.346 e. The summed E-state index contributed by atoms with van der Waals surface area (Å²) in [6.07, 6.45) is 1.63. The Morgan fingerprint density at radius 2 is 1.88 bits per heavy atom. The van der Waals surface area contributed by atoms with E-state index in [2.05, 4.69) is 15.4 Å². The number of amides is 1. The normalized spacial score (nSPS) is 10.5. The van der Waals surface area contributed by atoms with Crippen molar-refractivity contribution in [1.82, 2.24) is 24.6 Å². The molecule has 122 valence electrons. The minimum Gasteiger partial charge on any atom is -0.350 e. The molecule has 0 spiro atoms. The number of hydrogen-bond acceptors (Lipinski definition) is 4. The van der Waals surface area contributed by atoms with Crippen LogP contribution in [0.2, 0.25) is 0 Å². The lowest BCUT2D eigenvalue weighted by atomic mass is 10.2. The Morgan fingerprint density at radius 3 is 2.58 bits per heavy atom. The maximum atomic E-state index is 12.2. The zero-order valence-corrected chi connectivity index (χ0v) is 13.2. The molecular formula is C17H17N5O2. The predicted molar refractivity (Wildman–Crippen MR) is 89.0 cm³/mol. The van der Waals surface area contributed by atoms with E-state index in [1.807, 2.05) is 36.4 Å². The fraction of sp³-hybridized carbons (Fsp3) is 0.176. The van der Waals surface area contributed by atoms with Crippen LogP contribution in [0.15, 0.2) is 59.5 Å². The molecule has 24 heavy (non-hydrogen) atoms. The Hall–Kier alpha value is -3.22. The lowest BCUT2D eigenvalue weighted by Crippen LogP contribution is -2.33. The summed E-state index contributed by atoms with van der Waals surface area (Å²) in [5.41, 5.74) is 1.22. The standard InChI is InChI=1S/C17H17N5O2/c1-21-16(14-9-5-6-10-18-14)20-22(17(21)24)12-15(23)19-11-13-7-3-2-4-8-13/h2-10H,11-12H2,1H3,(H,19,23). The summed E-state index contributed by atoms with van der Waals surface area (Å²) < 4.78 is 2.52. The first-order chi connectivity index (χ1) is 11.6. The Labute approximate surface area is 138 Å². The van der Waals surface area contributed by atoms with Crippen LogP contribution in [0.3, 0.4) is 0 Å². The van der Waals surface area contributed by atoms with Crippen LogP contribution in [0.5, 0.6) is 0 Å². The van der Waals surface area contributed by atoms with Crippen LogP contribution in [0.4, 0.5) is 0 Å². The second-order valence-electron chi connectivity index (χ2n) is 5.30. The van der Waals surface area contributed by atoms with Crippen molar-refractivity contribution in [2.45, 2.75) is 13.1 Å². The molecule has 2 aromatic heterocycles. The average molecular weight is 323 g/mol. The van der Waals surface area contributed by atoms with Crippen molar-refractivity contribution in [3.05, 3.63) is 70.8 Å². The van der Waals surface area contributed by atoms with Gasteiger partial charge in [-0.15, -0.1) is 5.10 Å². The van der Waals surface area contributed by atoms with E-state index in [1.54, 1.807) is 25.4 Å². The molecule has 0 saturated heterocycles. The van der Waals surface area contributed by atoms with E-state index in [9.17, 15) is 9.59 Å².